The smallest absolute Gasteiger partial charge is 0.229 e. The van der Waals surface area contributed by atoms with E-state index in [-0.39, 0.29) is 11.8 Å². The molecule has 5 nitrogen and oxygen atoms in total. The predicted octanol–water partition coefficient (Wildman–Crippen LogP) is 0.757. The maximum Gasteiger partial charge on any atom is 0.229 e. The van der Waals surface area contributed by atoms with E-state index in [0.717, 1.165) is 11.3 Å². The zero-order chi connectivity index (χ0) is 10.8. The second kappa shape index (κ2) is 3.84. The number of H-pyrrole nitrogens is 1. The van der Waals surface area contributed by atoms with Crippen molar-refractivity contribution in [3.05, 3.63) is 17.5 Å². The number of aryl methyl sites for hydroxylation is 1. The Morgan fingerprint density at radius 1 is 1.40 bits per heavy atom. The van der Waals surface area contributed by atoms with E-state index in [1.165, 1.54) is 4.90 Å². The summed E-state index contributed by atoms with van der Waals surface area (Å²) < 4.78 is 0. The Bertz CT molecular complexity index is 381. The van der Waals surface area contributed by atoms with E-state index in [1.54, 1.807) is 6.20 Å². The highest BCUT2D eigenvalue weighted by Gasteiger charge is 2.26. The third-order valence-electron chi connectivity index (χ3n) is 2.65. The fourth-order valence-electron chi connectivity index (χ4n) is 1.68. The van der Waals surface area contributed by atoms with Gasteiger partial charge in [0, 0.05) is 24.1 Å². The maximum absolute atomic E-state index is 11.5. The van der Waals surface area contributed by atoms with Crippen LogP contribution < -0.4 is 0 Å². The van der Waals surface area contributed by atoms with Crippen LogP contribution in [0.25, 0.3) is 0 Å². The number of rotatable bonds is 2. The lowest BCUT2D eigenvalue weighted by Crippen LogP contribution is -2.39. The average molecular weight is 207 g/mol. The van der Waals surface area contributed by atoms with Crippen LogP contribution in [0.3, 0.4) is 0 Å². The van der Waals surface area contributed by atoms with E-state index in [9.17, 15) is 9.59 Å². The third kappa shape index (κ3) is 1.91. The highest BCUT2D eigenvalue weighted by molar-refractivity contribution is 5.97. The standard InChI is InChI=1S/C10H13N3O2/c1-7-8(5-11-12-7)6-13-9(14)3-2-4-10(13)15/h5H,2-4,6H2,1H3,(H,11,12). The van der Waals surface area contributed by atoms with Crippen molar-refractivity contribution in [1.82, 2.24) is 15.1 Å². The molecule has 0 atom stereocenters. The van der Waals surface area contributed by atoms with Gasteiger partial charge in [0.2, 0.25) is 11.8 Å². The molecule has 5 heteroatoms. The molecule has 0 unspecified atom stereocenters. The van der Waals surface area contributed by atoms with E-state index in [4.69, 9.17) is 0 Å². The Morgan fingerprint density at radius 3 is 2.60 bits per heavy atom. The predicted molar refractivity (Wildman–Crippen MR) is 52.7 cm³/mol. The van der Waals surface area contributed by atoms with Crippen molar-refractivity contribution in [3.8, 4) is 0 Å². The van der Waals surface area contributed by atoms with Crippen molar-refractivity contribution in [3.63, 3.8) is 0 Å². The first-order chi connectivity index (χ1) is 7.18. The molecule has 80 valence electrons. The highest BCUT2D eigenvalue weighted by Crippen LogP contribution is 2.16. The molecule has 0 saturated carbocycles. The molecule has 0 radical (unpaired) electrons. The molecule has 0 aliphatic carbocycles. The summed E-state index contributed by atoms with van der Waals surface area (Å²) in [6.45, 7) is 2.22. The molecule has 2 heterocycles. The molecular formula is C10H13N3O2. The van der Waals surface area contributed by atoms with Crippen LogP contribution in [0.4, 0.5) is 0 Å². The molecule has 1 aromatic heterocycles. The van der Waals surface area contributed by atoms with Crippen molar-refractivity contribution < 1.29 is 9.59 Å². The molecule has 0 bridgehead atoms. The Labute approximate surface area is 87.5 Å². The molecule has 1 aromatic rings. The number of likely N-dealkylation sites (tertiary alicyclic amines) is 1. The number of nitrogens with one attached hydrogen (secondary N) is 1. The molecule has 1 aliphatic heterocycles. The molecule has 1 aliphatic rings. The van der Waals surface area contributed by atoms with Gasteiger partial charge in [-0.15, -0.1) is 0 Å². The molecule has 1 N–H and O–H groups in total. The topological polar surface area (TPSA) is 66.1 Å². The lowest BCUT2D eigenvalue weighted by Gasteiger charge is -2.24. The second-order valence-electron chi connectivity index (χ2n) is 3.75. The van der Waals surface area contributed by atoms with E-state index in [1.807, 2.05) is 6.92 Å². The zero-order valence-corrected chi connectivity index (χ0v) is 8.62. The first-order valence-corrected chi connectivity index (χ1v) is 5.00. The van der Waals surface area contributed by atoms with Crippen LogP contribution in [-0.4, -0.2) is 26.9 Å². The van der Waals surface area contributed by atoms with Gasteiger partial charge in [0.25, 0.3) is 0 Å². The number of carbonyl (C=O) groups excluding carboxylic acids is 2. The van der Waals surface area contributed by atoms with Crippen molar-refractivity contribution in [2.45, 2.75) is 32.7 Å². The summed E-state index contributed by atoms with van der Waals surface area (Å²) >= 11 is 0. The van der Waals surface area contributed by atoms with Gasteiger partial charge in [-0.2, -0.15) is 5.10 Å². The van der Waals surface area contributed by atoms with Gasteiger partial charge in [-0.25, -0.2) is 0 Å². The van der Waals surface area contributed by atoms with Crippen molar-refractivity contribution in [2.24, 2.45) is 0 Å². The van der Waals surface area contributed by atoms with E-state index in [0.29, 0.717) is 25.8 Å². The van der Waals surface area contributed by atoms with Crippen molar-refractivity contribution >= 4 is 11.8 Å². The quantitative estimate of drug-likeness (QED) is 0.728. The van der Waals surface area contributed by atoms with E-state index < -0.39 is 0 Å². The number of amides is 2. The number of imide groups is 1. The summed E-state index contributed by atoms with van der Waals surface area (Å²) in [4.78, 5) is 24.4. The van der Waals surface area contributed by atoms with Gasteiger partial charge in [0.05, 0.1) is 12.7 Å². The largest absolute Gasteiger partial charge is 0.283 e. The number of hydrogen-bond acceptors (Lipinski definition) is 3. The molecule has 0 aromatic carbocycles. The molecule has 2 amide bonds. The molecule has 15 heavy (non-hydrogen) atoms. The molecular weight excluding hydrogens is 194 g/mol. The monoisotopic (exact) mass is 207 g/mol. The molecule has 1 fully saturated rings. The van der Waals surface area contributed by atoms with Crippen LogP contribution in [0.15, 0.2) is 6.20 Å². The van der Waals surface area contributed by atoms with Crippen LogP contribution in [0, 0.1) is 6.92 Å². The summed E-state index contributed by atoms with van der Waals surface area (Å²) in [5.74, 6) is -0.154. The molecule has 2 rings (SSSR count). The highest BCUT2D eigenvalue weighted by atomic mass is 16.2. The van der Waals surface area contributed by atoms with Crippen molar-refractivity contribution in [1.29, 1.82) is 0 Å². The number of piperidine rings is 1. The summed E-state index contributed by atoms with van der Waals surface area (Å²) in [5.41, 5.74) is 1.81. The van der Waals surface area contributed by atoms with Gasteiger partial charge >= 0.3 is 0 Å². The van der Waals surface area contributed by atoms with Crippen molar-refractivity contribution in [2.75, 3.05) is 0 Å². The Balaban J connectivity index is 2.13. The summed E-state index contributed by atoms with van der Waals surface area (Å²) in [7, 11) is 0. The average Bonchev–Trinajstić information content (AvgIpc) is 2.58. The summed E-state index contributed by atoms with van der Waals surface area (Å²) in [6.07, 6.45) is 3.29. The van der Waals surface area contributed by atoms with Crippen LogP contribution in [0.5, 0.6) is 0 Å². The first-order valence-electron chi connectivity index (χ1n) is 5.00. The number of carbonyl (C=O) groups is 2. The Hall–Kier alpha value is -1.65. The number of aromatic nitrogens is 2. The summed E-state index contributed by atoms with van der Waals surface area (Å²) in [6, 6.07) is 0. The number of hydrogen-bond donors (Lipinski definition) is 1. The van der Waals surface area contributed by atoms with Gasteiger partial charge < -0.3 is 0 Å². The van der Waals surface area contributed by atoms with Crippen LogP contribution >= 0.6 is 0 Å². The Kier molecular flexibility index (Phi) is 2.53. The van der Waals surface area contributed by atoms with E-state index >= 15 is 0 Å². The lowest BCUT2D eigenvalue weighted by molar-refractivity contribution is -0.148. The minimum atomic E-state index is -0.0770. The fraction of sp³-hybridized carbons (Fsp3) is 0.500. The van der Waals surface area contributed by atoms with Crippen LogP contribution in [-0.2, 0) is 16.1 Å². The SMILES string of the molecule is Cc1[nH]ncc1CN1C(=O)CCCC1=O. The summed E-state index contributed by atoms with van der Waals surface area (Å²) in [5, 5.41) is 6.65. The van der Waals surface area contributed by atoms with Crippen LogP contribution in [0.1, 0.15) is 30.5 Å². The fourth-order valence-corrected chi connectivity index (χ4v) is 1.68. The molecule has 0 spiro atoms. The maximum atomic E-state index is 11.5. The lowest BCUT2D eigenvalue weighted by atomic mass is 10.1. The Morgan fingerprint density at radius 2 is 2.07 bits per heavy atom. The zero-order valence-electron chi connectivity index (χ0n) is 8.62. The van der Waals surface area contributed by atoms with Gasteiger partial charge in [-0.05, 0) is 13.3 Å². The minimum absolute atomic E-state index is 0.0770. The molecule has 1 saturated heterocycles. The van der Waals surface area contributed by atoms with Gasteiger partial charge in [0.1, 0.15) is 0 Å². The van der Waals surface area contributed by atoms with Gasteiger partial charge in [0.15, 0.2) is 0 Å². The minimum Gasteiger partial charge on any atom is -0.283 e. The first kappa shape index (κ1) is 9.89. The normalized spacial score (nSPS) is 17.3. The van der Waals surface area contributed by atoms with Crippen LogP contribution in [0.2, 0.25) is 0 Å². The van der Waals surface area contributed by atoms with Gasteiger partial charge in [-0.3, -0.25) is 19.6 Å². The number of aromatic amines is 1. The second-order valence-corrected chi connectivity index (χ2v) is 3.75. The third-order valence-corrected chi connectivity index (χ3v) is 2.65. The van der Waals surface area contributed by atoms with Gasteiger partial charge in [-0.1, -0.05) is 0 Å². The number of nitrogens with zero attached hydrogens (tertiary/aromatic N) is 2. The van der Waals surface area contributed by atoms with E-state index in [2.05, 4.69) is 10.2 Å².